The van der Waals surface area contributed by atoms with Gasteiger partial charge in [0.25, 0.3) is 5.69 Å². The van der Waals surface area contributed by atoms with Gasteiger partial charge in [0, 0.05) is 29.4 Å². The van der Waals surface area contributed by atoms with Crippen molar-refractivity contribution in [2.45, 2.75) is 26.5 Å². The second kappa shape index (κ2) is 6.37. The van der Waals surface area contributed by atoms with Crippen LogP contribution in [0.3, 0.4) is 0 Å². The van der Waals surface area contributed by atoms with Crippen LogP contribution in [0.1, 0.15) is 29.7 Å². The molecule has 5 heteroatoms. The molecular formula is C16H18N2O3. The predicted octanol–water partition coefficient (Wildman–Crippen LogP) is 3.57. The van der Waals surface area contributed by atoms with E-state index in [1.54, 1.807) is 26.0 Å². The molecule has 1 atom stereocenters. The molecule has 2 rings (SSSR count). The first kappa shape index (κ1) is 15.0. The Kier molecular flexibility index (Phi) is 4.55. The SMILES string of the molecule is Cc1ccc(CNc2ccccc2C(C)O)cc1[N+](=O)[O-]. The number of aliphatic hydroxyl groups excluding tert-OH is 1. The standard InChI is InChI=1S/C16H18N2O3/c1-11-7-8-13(9-16(11)18(20)21)10-17-15-6-4-3-5-14(15)12(2)19/h3-9,12,17,19H,10H2,1-2H3. The van der Waals surface area contributed by atoms with Crippen molar-refractivity contribution < 1.29 is 10.0 Å². The fourth-order valence-corrected chi connectivity index (χ4v) is 2.18. The summed E-state index contributed by atoms with van der Waals surface area (Å²) >= 11 is 0. The number of aryl methyl sites for hydroxylation is 1. The van der Waals surface area contributed by atoms with E-state index < -0.39 is 6.10 Å². The molecule has 1 unspecified atom stereocenters. The molecule has 0 aliphatic carbocycles. The summed E-state index contributed by atoms with van der Waals surface area (Å²) < 4.78 is 0. The van der Waals surface area contributed by atoms with Crippen molar-refractivity contribution in [1.29, 1.82) is 0 Å². The van der Waals surface area contributed by atoms with Crippen LogP contribution in [-0.2, 0) is 6.54 Å². The number of nitrogens with one attached hydrogen (secondary N) is 1. The second-order valence-electron chi connectivity index (χ2n) is 4.99. The van der Waals surface area contributed by atoms with Crippen molar-refractivity contribution in [1.82, 2.24) is 0 Å². The third-order valence-electron chi connectivity index (χ3n) is 3.36. The molecule has 5 nitrogen and oxygen atoms in total. The zero-order valence-corrected chi connectivity index (χ0v) is 12.0. The minimum atomic E-state index is -0.568. The largest absolute Gasteiger partial charge is 0.389 e. The summed E-state index contributed by atoms with van der Waals surface area (Å²) in [5.74, 6) is 0. The van der Waals surface area contributed by atoms with Gasteiger partial charge in [-0.1, -0.05) is 30.3 Å². The van der Waals surface area contributed by atoms with E-state index in [9.17, 15) is 15.2 Å². The Labute approximate surface area is 123 Å². The Morgan fingerprint density at radius 2 is 2.00 bits per heavy atom. The summed E-state index contributed by atoms with van der Waals surface area (Å²) in [6.07, 6.45) is -0.568. The normalized spacial score (nSPS) is 12.0. The van der Waals surface area contributed by atoms with Crippen molar-refractivity contribution in [2.75, 3.05) is 5.32 Å². The second-order valence-corrected chi connectivity index (χ2v) is 4.99. The van der Waals surface area contributed by atoms with Gasteiger partial charge in [-0.3, -0.25) is 10.1 Å². The molecule has 0 saturated heterocycles. The summed E-state index contributed by atoms with van der Waals surface area (Å²) in [7, 11) is 0. The lowest BCUT2D eigenvalue weighted by Gasteiger charge is -2.14. The molecule has 0 amide bonds. The minimum absolute atomic E-state index is 0.123. The maximum absolute atomic E-state index is 10.9. The topological polar surface area (TPSA) is 75.4 Å². The monoisotopic (exact) mass is 286 g/mol. The van der Waals surface area contributed by atoms with Gasteiger partial charge in [-0.25, -0.2) is 0 Å². The number of anilines is 1. The van der Waals surface area contributed by atoms with Crippen LogP contribution in [0.2, 0.25) is 0 Å². The van der Waals surface area contributed by atoms with E-state index >= 15 is 0 Å². The van der Waals surface area contributed by atoms with E-state index in [0.717, 1.165) is 16.8 Å². The molecule has 21 heavy (non-hydrogen) atoms. The van der Waals surface area contributed by atoms with Gasteiger partial charge in [0.2, 0.25) is 0 Å². The first-order valence-corrected chi connectivity index (χ1v) is 6.74. The molecule has 2 aromatic carbocycles. The van der Waals surface area contributed by atoms with Crippen molar-refractivity contribution in [3.05, 3.63) is 69.3 Å². The lowest BCUT2D eigenvalue weighted by atomic mass is 10.1. The summed E-state index contributed by atoms with van der Waals surface area (Å²) in [6, 6.07) is 12.7. The third-order valence-corrected chi connectivity index (χ3v) is 3.36. The van der Waals surface area contributed by atoms with Crippen LogP contribution < -0.4 is 5.32 Å². The van der Waals surface area contributed by atoms with Gasteiger partial charge >= 0.3 is 0 Å². The average molecular weight is 286 g/mol. The van der Waals surface area contributed by atoms with Gasteiger partial charge in [-0.15, -0.1) is 0 Å². The molecule has 2 N–H and O–H groups in total. The van der Waals surface area contributed by atoms with Gasteiger partial charge in [0.05, 0.1) is 11.0 Å². The van der Waals surface area contributed by atoms with E-state index in [1.807, 2.05) is 30.3 Å². The number of nitro groups is 1. The summed E-state index contributed by atoms with van der Waals surface area (Å²) in [4.78, 5) is 10.6. The highest BCUT2D eigenvalue weighted by molar-refractivity contribution is 5.53. The maximum atomic E-state index is 10.9. The minimum Gasteiger partial charge on any atom is -0.389 e. The summed E-state index contributed by atoms with van der Waals surface area (Å²) in [5.41, 5.74) is 3.23. The van der Waals surface area contributed by atoms with Gasteiger partial charge < -0.3 is 10.4 Å². The number of hydrogen-bond donors (Lipinski definition) is 2. The molecular weight excluding hydrogens is 268 g/mol. The van der Waals surface area contributed by atoms with Crippen LogP contribution in [-0.4, -0.2) is 10.0 Å². The summed E-state index contributed by atoms with van der Waals surface area (Å²) in [6.45, 7) is 3.89. The summed E-state index contributed by atoms with van der Waals surface area (Å²) in [5, 5.41) is 23.9. The Hall–Kier alpha value is -2.40. The Balaban J connectivity index is 2.17. The quantitative estimate of drug-likeness (QED) is 0.651. The first-order valence-electron chi connectivity index (χ1n) is 6.74. The number of para-hydroxylation sites is 1. The molecule has 0 radical (unpaired) electrons. The molecule has 0 aromatic heterocycles. The molecule has 110 valence electrons. The smallest absolute Gasteiger partial charge is 0.272 e. The van der Waals surface area contributed by atoms with E-state index in [4.69, 9.17) is 0 Å². The fraction of sp³-hybridized carbons (Fsp3) is 0.250. The number of hydrogen-bond acceptors (Lipinski definition) is 4. The zero-order chi connectivity index (χ0) is 15.4. The van der Waals surface area contributed by atoms with Gasteiger partial charge in [0.15, 0.2) is 0 Å². The Bertz CT molecular complexity index is 654. The highest BCUT2D eigenvalue weighted by Gasteiger charge is 2.11. The molecule has 0 bridgehead atoms. The van der Waals surface area contributed by atoms with Gasteiger partial charge in [-0.05, 0) is 25.5 Å². The van der Waals surface area contributed by atoms with Crippen LogP contribution in [0, 0.1) is 17.0 Å². The van der Waals surface area contributed by atoms with Crippen LogP contribution in [0.5, 0.6) is 0 Å². The van der Waals surface area contributed by atoms with Crippen LogP contribution in [0.25, 0.3) is 0 Å². The molecule has 0 aliphatic heterocycles. The Morgan fingerprint density at radius 3 is 2.67 bits per heavy atom. The predicted molar refractivity (Wildman–Crippen MR) is 82.2 cm³/mol. The molecule has 0 saturated carbocycles. The van der Waals surface area contributed by atoms with Crippen molar-refractivity contribution >= 4 is 11.4 Å². The lowest BCUT2D eigenvalue weighted by Crippen LogP contribution is -2.05. The molecule has 0 heterocycles. The number of rotatable bonds is 5. The average Bonchev–Trinajstić information content (AvgIpc) is 2.46. The van der Waals surface area contributed by atoms with Crippen molar-refractivity contribution in [3.8, 4) is 0 Å². The van der Waals surface area contributed by atoms with E-state index in [0.29, 0.717) is 12.1 Å². The number of nitro benzene ring substituents is 1. The van der Waals surface area contributed by atoms with E-state index in [-0.39, 0.29) is 10.6 Å². The van der Waals surface area contributed by atoms with Crippen molar-refractivity contribution in [2.24, 2.45) is 0 Å². The number of aliphatic hydroxyl groups is 1. The van der Waals surface area contributed by atoms with Gasteiger partial charge in [-0.2, -0.15) is 0 Å². The molecule has 0 aliphatic rings. The number of nitrogens with zero attached hydrogens (tertiary/aromatic N) is 1. The molecule has 0 spiro atoms. The molecule has 2 aromatic rings. The highest BCUT2D eigenvalue weighted by atomic mass is 16.6. The van der Waals surface area contributed by atoms with E-state index in [2.05, 4.69) is 5.32 Å². The third kappa shape index (κ3) is 3.58. The zero-order valence-electron chi connectivity index (χ0n) is 12.0. The molecule has 0 fully saturated rings. The highest BCUT2D eigenvalue weighted by Crippen LogP contribution is 2.24. The van der Waals surface area contributed by atoms with Gasteiger partial charge in [0.1, 0.15) is 0 Å². The van der Waals surface area contributed by atoms with Crippen LogP contribution in [0.4, 0.5) is 11.4 Å². The fourth-order valence-electron chi connectivity index (χ4n) is 2.18. The lowest BCUT2D eigenvalue weighted by molar-refractivity contribution is -0.385. The van der Waals surface area contributed by atoms with Crippen LogP contribution in [0.15, 0.2) is 42.5 Å². The maximum Gasteiger partial charge on any atom is 0.272 e. The Morgan fingerprint density at radius 1 is 1.29 bits per heavy atom. The van der Waals surface area contributed by atoms with Crippen LogP contribution >= 0.6 is 0 Å². The number of benzene rings is 2. The van der Waals surface area contributed by atoms with E-state index in [1.165, 1.54) is 0 Å². The first-order chi connectivity index (χ1) is 9.99. The van der Waals surface area contributed by atoms with Crippen molar-refractivity contribution in [3.63, 3.8) is 0 Å².